The molecule has 5 heteroatoms. The van der Waals surface area contributed by atoms with Crippen molar-refractivity contribution in [3.8, 4) is 0 Å². The number of benzene rings is 2. The molecule has 3 nitrogen and oxygen atoms in total. The SMILES string of the molecule is O=C(C(Cc1ccc(Br)cc1)=S(=O)=O)c1ccccc1. The third-order valence-corrected chi connectivity index (χ3v) is 4.03. The summed E-state index contributed by atoms with van der Waals surface area (Å²) in [6.45, 7) is 0. The van der Waals surface area contributed by atoms with Gasteiger partial charge in [0.25, 0.3) is 0 Å². The third-order valence-electron chi connectivity index (χ3n) is 2.77. The van der Waals surface area contributed by atoms with Gasteiger partial charge in [0.1, 0.15) is 4.86 Å². The van der Waals surface area contributed by atoms with E-state index in [0.29, 0.717) is 5.56 Å². The van der Waals surface area contributed by atoms with Crippen molar-refractivity contribution in [1.82, 2.24) is 0 Å². The fourth-order valence-corrected chi connectivity index (χ4v) is 2.57. The minimum Gasteiger partial charge on any atom is -0.288 e. The van der Waals surface area contributed by atoms with Gasteiger partial charge in [0.15, 0.2) is 0 Å². The number of ketones is 1. The lowest BCUT2D eigenvalue weighted by Crippen LogP contribution is -2.18. The van der Waals surface area contributed by atoms with Crippen LogP contribution in [0.4, 0.5) is 0 Å². The van der Waals surface area contributed by atoms with Gasteiger partial charge in [-0.2, -0.15) is 8.42 Å². The summed E-state index contributed by atoms with van der Waals surface area (Å²) < 4.78 is 23.5. The molecule has 0 spiro atoms. The first kappa shape index (κ1) is 14.7. The van der Waals surface area contributed by atoms with Crippen LogP contribution in [0.5, 0.6) is 0 Å². The second kappa shape index (κ2) is 6.63. The monoisotopic (exact) mass is 350 g/mol. The van der Waals surface area contributed by atoms with Crippen LogP contribution >= 0.6 is 15.9 Å². The molecule has 0 bridgehead atoms. The summed E-state index contributed by atoms with van der Waals surface area (Å²) in [5.41, 5.74) is 1.15. The van der Waals surface area contributed by atoms with Crippen LogP contribution in [-0.2, 0) is 16.7 Å². The molecule has 102 valence electrons. The van der Waals surface area contributed by atoms with Crippen molar-refractivity contribution < 1.29 is 13.2 Å². The van der Waals surface area contributed by atoms with Gasteiger partial charge in [-0.1, -0.05) is 58.4 Å². The van der Waals surface area contributed by atoms with Crippen LogP contribution in [0, 0.1) is 0 Å². The number of halogens is 1. The van der Waals surface area contributed by atoms with Gasteiger partial charge < -0.3 is 0 Å². The molecule has 0 aromatic heterocycles. The highest BCUT2D eigenvalue weighted by atomic mass is 79.9. The fourth-order valence-electron chi connectivity index (χ4n) is 1.75. The van der Waals surface area contributed by atoms with Gasteiger partial charge in [-0.25, -0.2) is 0 Å². The first-order chi connectivity index (χ1) is 9.58. The first-order valence-electron chi connectivity index (χ1n) is 5.87. The molecule has 0 aliphatic rings. The molecule has 0 fully saturated rings. The quantitative estimate of drug-likeness (QED) is 0.629. The van der Waals surface area contributed by atoms with Crippen LogP contribution < -0.4 is 0 Å². The number of carbonyl (C=O) groups is 1. The van der Waals surface area contributed by atoms with E-state index in [4.69, 9.17) is 0 Å². The Balaban J connectivity index is 2.33. The molecule has 0 N–H and O–H groups in total. The number of hydrogen-bond donors (Lipinski definition) is 0. The average molecular weight is 351 g/mol. The van der Waals surface area contributed by atoms with Crippen molar-refractivity contribution in [2.45, 2.75) is 6.42 Å². The highest BCUT2D eigenvalue weighted by Crippen LogP contribution is 2.12. The average Bonchev–Trinajstić information content (AvgIpc) is 2.46. The van der Waals surface area contributed by atoms with E-state index in [1.807, 2.05) is 12.1 Å². The minimum absolute atomic E-state index is 0.0944. The predicted octanol–water partition coefficient (Wildman–Crippen LogP) is 2.93. The number of hydrogen-bond acceptors (Lipinski definition) is 3. The fraction of sp³-hybridized carbons (Fsp3) is 0.0667. The van der Waals surface area contributed by atoms with Gasteiger partial charge in [0.2, 0.25) is 16.1 Å². The molecule has 0 saturated carbocycles. The number of carbonyl (C=O) groups excluding carboxylic acids is 1. The summed E-state index contributed by atoms with van der Waals surface area (Å²) in [7, 11) is -2.53. The predicted molar refractivity (Wildman–Crippen MR) is 82.5 cm³/mol. The minimum atomic E-state index is -2.53. The molecule has 0 amide bonds. The van der Waals surface area contributed by atoms with E-state index in [1.54, 1.807) is 42.5 Å². The molecule has 2 rings (SSSR count). The molecule has 0 radical (unpaired) electrons. The second-order valence-corrected chi connectivity index (χ2v) is 6.03. The lowest BCUT2D eigenvalue weighted by molar-refractivity contribution is 0.106. The molecule has 0 aliphatic carbocycles. The summed E-state index contributed by atoms with van der Waals surface area (Å²) in [4.78, 5) is 12.1. The van der Waals surface area contributed by atoms with Gasteiger partial charge in [-0.3, -0.25) is 4.79 Å². The Labute approximate surface area is 126 Å². The van der Waals surface area contributed by atoms with E-state index in [-0.39, 0.29) is 11.3 Å². The summed E-state index contributed by atoms with van der Waals surface area (Å²) in [5, 5.41) is 0. The maximum atomic E-state index is 12.2. The number of rotatable bonds is 4. The Morgan fingerprint density at radius 3 is 2.10 bits per heavy atom. The summed E-state index contributed by atoms with van der Waals surface area (Å²) in [5.74, 6) is -0.457. The Hall–Kier alpha value is -1.72. The molecule has 0 saturated heterocycles. The van der Waals surface area contributed by atoms with Crippen LogP contribution in [0.2, 0.25) is 0 Å². The molecule has 2 aromatic rings. The topological polar surface area (TPSA) is 51.2 Å². The van der Waals surface area contributed by atoms with E-state index < -0.39 is 16.1 Å². The highest BCUT2D eigenvalue weighted by molar-refractivity contribution is 9.10. The van der Waals surface area contributed by atoms with E-state index in [1.165, 1.54) is 0 Å². The molecular weight excluding hydrogens is 340 g/mol. The lowest BCUT2D eigenvalue weighted by Gasteiger charge is -2.03. The lowest BCUT2D eigenvalue weighted by atomic mass is 10.0. The second-order valence-electron chi connectivity index (χ2n) is 4.16. The van der Waals surface area contributed by atoms with E-state index in [2.05, 4.69) is 15.9 Å². The normalized spacial score (nSPS) is 10.1. The largest absolute Gasteiger partial charge is 0.288 e. The van der Waals surface area contributed by atoms with E-state index >= 15 is 0 Å². The Morgan fingerprint density at radius 1 is 0.950 bits per heavy atom. The van der Waals surface area contributed by atoms with Crippen molar-refractivity contribution in [3.05, 3.63) is 70.2 Å². The van der Waals surface area contributed by atoms with Crippen molar-refractivity contribution in [2.75, 3.05) is 0 Å². The van der Waals surface area contributed by atoms with Gasteiger partial charge in [0.05, 0.1) is 0 Å². The van der Waals surface area contributed by atoms with Crippen LogP contribution in [0.15, 0.2) is 59.1 Å². The van der Waals surface area contributed by atoms with Crippen LogP contribution in [0.3, 0.4) is 0 Å². The van der Waals surface area contributed by atoms with Crippen LogP contribution in [0.1, 0.15) is 15.9 Å². The molecular formula is C15H11BrO3S. The van der Waals surface area contributed by atoms with Crippen molar-refractivity contribution in [3.63, 3.8) is 0 Å². The van der Waals surface area contributed by atoms with Gasteiger partial charge in [-0.15, -0.1) is 0 Å². The standard InChI is InChI=1S/C15H11BrO3S/c16-13-8-6-11(7-9-13)10-14(20(18)19)15(17)12-4-2-1-3-5-12/h1-9H,10H2. The molecule has 0 aliphatic heterocycles. The Kier molecular flexibility index (Phi) is 4.87. The Morgan fingerprint density at radius 2 is 1.55 bits per heavy atom. The summed E-state index contributed by atoms with van der Waals surface area (Å²) in [6.07, 6.45) is 0.0944. The first-order valence-corrected chi connectivity index (χ1v) is 7.74. The maximum Gasteiger partial charge on any atom is 0.221 e. The summed E-state index contributed by atoms with van der Waals surface area (Å²) >= 11 is 3.31. The van der Waals surface area contributed by atoms with Crippen molar-refractivity contribution >= 4 is 36.9 Å². The smallest absolute Gasteiger partial charge is 0.221 e. The van der Waals surface area contributed by atoms with Crippen LogP contribution in [-0.4, -0.2) is 19.1 Å². The van der Waals surface area contributed by atoms with E-state index in [9.17, 15) is 13.2 Å². The van der Waals surface area contributed by atoms with Crippen molar-refractivity contribution in [1.29, 1.82) is 0 Å². The zero-order valence-corrected chi connectivity index (χ0v) is 12.8. The molecule has 0 unspecified atom stereocenters. The van der Waals surface area contributed by atoms with E-state index in [0.717, 1.165) is 10.0 Å². The maximum absolute atomic E-state index is 12.2. The van der Waals surface area contributed by atoms with Crippen molar-refractivity contribution in [2.24, 2.45) is 0 Å². The molecule has 20 heavy (non-hydrogen) atoms. The zero-order chi connectivity index (χ0) is 14.5. The van der Waals surface area contributed by atoms with Gasteiger partial charge >= 0.3 is 0 Å². The van der Waals surface area contributed by atoms with Crippen LogP contribution in [0.25, 0.3) is 0 Å². The third kappa shape index (κ3) is 3.65. The Bertz CT molecular complexity index is 739. The van der Waals surface area contributed by atoms with Gasteiger partial charge in [0, 0.05) is 16.5 Å². The summed E-state index contributed by atoms with van der Waals surface area (Å²) in [6, 6.07) is 15.6. The zero-order valence-electron chi connectivity index (χ0n) is 10.4. The number of Topliss-reactive ketones (excluding diaryl/α,β-unsaturated/α-hetero) is 1. The molecule has 0 atom stereocenters. The highest BCUT2D eigenvalue weighted by Gasteiger charge is 2.16. The van der Waals surface area contributed by atoms with Gasteiger partial charge in [-0.05, 0) is 17.7 Å². The molecule has 0 heterocycles. The molecule has 2 aromatic carbocycles.